The molecule has 1 aromatic rings. The number of aryl methyl sites for hydroxylation is 1. The van der Waals surface area contributed by atoms with Gasteiger partial charge in [-0.3, -0.25) is 0 Å². The lowest BCUT2D eigenvalue weighted by Crippen LogP contribution is -2.25. The molecular formula is C9H12INO2S. The van der Waals surface area contributed by atoms with Crippen LogP contribution in [0.4, 0.5) is 0 Å². The molecule has 0 amide bonds. The minimum absolute atomic E-state index is 0.336. The van der Waals surface area contributed by atoms with Crippen LogP contribution in [0.25, 0.3) is 0 Å². The van der Waals surface area contributed by atoms with Gasteiger partial charge in [0, 0.05) is 11.0 Å². The summed E-state index contributed by atoms with van der Waals surface area (Å²) in [5.74, 6) is 0. The predicted molar refractivity (Wildman–Crippen MR) is 65.3 cm³/mol. The maximum atomic E-state index is 11.6. The first-order valence-electron chi connectivity index (χ1n) is 4.18. The molecule has 1 rings (SSSR count). The largest absolute Gasteiger partial charge is 0.240 e. The van der Waals surface area contributed by atoms with E-state index in [1.165, 1.54) is 0 Å². The third kappa shape index (κ3) is 3.21. The molecule has 3 nitrogen and oxygen atoms in total. The van der Waals surface area contributed by atoms with Crippen molar-refractivity contribution in [2.24, 2.45) is 0 Å². The molecule has 0 fully saturated rings. The molecule has 1 N–H and O–H groups in total. The van der Waals surface area contributed by atoms with E-state index in [0.717, 1.165) is 9.99 Å². The Morgan fingerprint density at radius 2 is 2.14 bits per heavy atom. The molecule has 0 unspecified atom stereocenters. The molecule has 5 heteroatoms. The van der Waals surface area contributed by atoms with Gasteiger partial charge in [0.05, 0.1) is 4.90 Å². The number of rotatable bonds is 4. The fourth-order valence-corrected chi connectivity index (χ4v) is 2.81. The Hall–Kier alpha value is -0.140. The van der Waals surface area contributed by atoms with Crippen molar-refractivity contribution in [3.8, 4) is 0 Å². The number of nitrogens with one attached hydrogen (secondary N) is 1. The van der Waals surface area contributed by atoms with Gasteiger partial charge in [0.2, 0.25) is 10.0 Å². The van der Waals surface area contributed by atoms with Crippen LogP contribution in [0.2, 0.25) is 0 Å². The Bertz CT molecular complexity index is 403. The molecule has 0 spiro atoms. The van der Waals surface area contributed by atoms with Gasteiger partial charge >= 0.3 is 0 Å². The van der Waals surface area contributed by atoms with Crippen molar-refractivity contribution in [2.45, 2.75) is 11.8 Å². The fraction of sp³-hybridized carbons (Fsp3) is 0.333. The van der Waals surface area contributed by atoms with Crippen LogP contribution >= 0.6 is 22.6 Å². The quantitative estimate of drug-likeness (QED) is 0.677. The van der Waals surface area contributed by atoms with Crippen LogP contribution in [0, 0.1) is 6.92 Å². The average Bonchev–Trinajstić information content (AvgIpc) is 2.15. The predicted octanol–water partition coefficient (Wildman–Crippen LogP) is 1.71. The molecule has 78 valence electrons. The van der Waals surface area contributed by atoms with Crippen molar-refractivity contribution in [2.75, 3.05) is 11.0 Å². The molecule has 0 bridgehead atoms. The first kappa shape index (κ1) is 11.9. The minimum atomic E-state index is -3.30. The summed E-state index contributed by atoms with van der Waals surface area (Å²) in [7, 11) is -3.30. The van der Waals surface area contributed by atoms with Crippen molar-refractivity contribution in [1.29, 1.82) is 0 Å². The zero-order chi connectivity index (χ0) is 10.6. The van der Waals surface area contributed by atoms with Crippen molar-refractivity contribution < 1.29 is 8.42 Å². The van der Waals surface area contributed by atoms with Crippen LogP contribution in [0.3, 0.4) is 0 Å². The molecule has 0 saturated heterocycles. The van der Waals surface area contributed by atoms with Gasteiger partial charge in [0.25, 0.3) is 0 Å². The molecule has 0 aliphatic carbocycles. The van der Waals surface area contributed by atoms with Gasteiger partial charge < -0.3 is 0 Å². The van der Waals surface area contributed by atoms with E-state index in [1.54, 1.807) is 18.2 Å². The Kier molecular flexibility index (Phi) is 4.33. The maximum Gasteiger partial charge on any atom is 0.240 e. The molecule has 14 heavy (non-hydrogen) atoms. The molecule has 0 atom stereocenters. The van der Waals surface area contributed by atoms with E-state index in [1.807, 2.05) is 13.0 Å². The zero-order valence-electron chi connectivity index (χ0n) is 7.83. The van der Waals surface area contributed by atoms with Gasteiger partial charge in [-0.05, 0) is 24.6 Å². The summed E-state index contributed by atoms with van der Waals surface area (Å²) in [6.07, 6.45) is 0. The number of hydrogen-bond donors (Lipinski definition) is 1. The minimum Gasteiger partial charge on any atom is -0.210 e. The highest BCUT2D eigenvalue weighted by Crippen LogP contribution is 2.10. The summed E-state index contributed by atoms with van der Waals surface area (Å²) >= 11 is 2.13. The number of sulfonamides is 1. The first-order chi connectivity index (χ1) is 6.56. The van der Waals surface area contributed by atoms with E-state index < -0.39 is 10.0 Å². The number of halogens is 1. The van der Waals surface area contributed by atoms with Gasteiger partial charge in [-0.15, -0.1) is 0 Å². The first-order valence-corrected chi connectivity index (χ1v) is 7.19. The topological polar surface area (TPSA) is 46.2 Å². The molecular weight excluding hydrogens is 313 g/mol. The van der Waals surface area contributed by atoms with E-state index in [9.17, 15) is 8.42 Å². The van der Waals surface area contributed by atoms with Gasteiger partial charge in [-0.2, -0.15) is 0 Å². The zero-order valence-corrected chi connectivity index (χ0v) is 10.8. The SMILES string of the molecule is Cc1cccc(S(=O)(=O)NCCI)c1. The number of benzene rings is 1. The highest BCUT2D eigenvalue weighted by Gasteiger charge is 2.12. The van der Waals surface area contributed by atoms with Crippen molar-refractivity contribution in [1.82, 2.24) is 4.72 Å². The van der Waals surface area contributed by atoms with Crippen LogP contribution in [0.1, 0.15) is 5.56 Å². The molecule has 0 aliphatic rings. The molecule has 0 radical (unpaired) electrons. The normalized spacial score (nSPS) is 11.6. The Morgan fingerprint density at radius 3 is 2.71 bits per heavy atom. The van der Waals surface area contributed by atoms with Crippen LogP contribution in [-0.2, 0) is 10.0 Å². The van der Waals surface area contributed by atoms with Crippen LogP contribution < -0.4 is 4.72 Å². The third-order valence-electron chi connectivity index (χ3n) is 1.69. The highest BCUT2D eigenvalue weighted by atomic mass is 127. The smallest absolute Gasteiger partial charge is 0.210 e. The highest BCUT2D eigenvalue weighted by molar-refractivity contribution is 14.1. The summed E-state index contributed by atoms with van der Waals surface area (Å²) in [5, 5.41) is 0. The van der Waals surface area contributed by atoms with Crippen LogP contribution in [-0.4, -0.2) is 19.4 Å². The lowest BCUT2D eigenvalue weighted by atomic mass is 10.2. The third-order valence-corrected chi connectivity index (χ3v) is 3.68. The second-order valence-electron chi connectivity index (χ2n) is 2.90. The second-order valence-corrected chi connectivity index (χ2v) is 5.75. The summed E-state index contributed by atoms with van der Waals surface area (Å²) in [6, 6.07) is 6.88. The van der Waals surface area contributed by atoms with E-state index in [4.69, 9.17) is 0 Å². The summed E-state index contributed by atoms with van der Waals surface area (Å²) in [4.78, 5) is 0.336. The van der Waals surface area contributed by atoms with E-state index in [2.05, 4.69) is 27.3 Å². The van der Waals surface area contributed by atoms with Crippen molar-refractivity contribution >= 4 is 32.6 Å². The number of alkyl halides is 1. The monoisotopic (exact) mass is 325 g/mol. The van der Waals surface area contributed by atoms with Crippen molar-refractivity contribution in [3.05, 3.63) is 29.8 Å². The summed E-state index contributed by atoms with van der Waals surface area (Å²) < 4.78 is 26.5. The Morgan fingerprint density at radius 1 is 1.43 bits per heavy atom. The maximum absolute atomic E-state index is 11.6. The van der Waals surface area contributed by atoms with Crippen molar-refractivity contribution in [3.63, 3.8) is 0 Å². The number of hydrogen-bond acceptors (Lipinski definition) is 2. The lowest BCUT2D eigenvalue weighted by Gasteiger charge is -2.05. The van der Waals surface area contributed by atoms with E-state index >= 15 is 0 Å². The van der Waals surface area contributed by atoms with Crippen LogP contribution in [0.5, 0.6) is 0 Å². The summed E-state index contributed by atoms with van der Waals surface area (Å²) in [5.41, 5.74) is 0.947. The lowest BCUT2D eigenvalue weighted by molar-refractivity contribution is 0.584. The molecule has 0 heterocycles. The molecule has 0 aromatic heterocycles. The van der Waals surface area contributed by atoms with Gasteiger partial charge in [0.15, 0.2) is 0 Å². The fourth-order valence-electron chi connectivity index (χ4n) is 1.04. The van der Waals surface area contributed by atoms with Crippen LogP contribution in [0.15, 0.2) is 29.2 Å². The van der Waals surface area contributed by atoms with E-state index in [0.29, 0.717) is 11.4 Å². The van der Waals surface area contributed by atoms with E-state index in [-0.39, 0.29) is 0 Å². The van der Waals surface area contributed by atoms with Gasteiger partial charge in [-0.25, -0.2) is 13.1 Å². The van der Waals surface area contributed by atoms with Gasteiger partial charge in [0.1, 0.15) is 0 Å². The molecule has 0 aliphatic heterocycles. The Balaban J connectivity index is 2.93. The average molecular weight is 325 g/mol. The molecule has 1 aromatic carbocycles. The second kappa shape index (κ2) is 5.09. The van der Waals surface area contributed by atoms with Gasteiger partial charge in [-0.1, -0.05) is 34.7 Å². The molecule has 0 saturated carbocycles. The summed E-state index contributed by atoms with van der Waals surface area (Å²) in [6.45, 7) is 2.34. The standard InChI is InChI=1S/C9H12INO2S/c1-8-3-2-4-9(7-8)14(12,13)11-6-5-10/h2-4,7,11H,5-6H2,1H3. The Labute approximate surface area is 98.1 Å².